The smallest absolute Gasteiger partial charge is 0.273 e. The number of ether oxygens (including phenoxy) is 1. The maximum atomic E-state index is 13.0. The lowest BCUT2D eigenvalue weighted by atomic mass is 10.2. The van der Waals surface area contributed by atoms with Crippen molar-refractivity contribution < 1.29 is 14.1 Å². The number of benzene rings is 2. The number of halogens is 1. The molecule has 0 saturated heterocycles. The lowest BCUT2D eigenvalue weighted by molar-refractivity contribution is -0.384. The molecule has 0 spiro atoms. The van der Waals surface area contributed by atoms with Crippen molar-refractivity contribution >= 4 is 34.7 Å². The van der Waals surface area contributed by atoms with Crippen molar-refractivity contribution in [2.45, 2.75) is 6.54 Å². The van der Waals surface area contributed by atoms with Crippen LogP contribution >= 0.6 is 12.2 Å². The number of nitrogens with one attached hydrogen (secondary N) is 2. The van der Waals surface area contributed by atoms with Crippen molar-refractivity contribution in [2.75, 3.05) is 17.7 Å². The van der Waals surface area contributed by atoms with Crippen LogP contribution in [0.25, 0.3) is 0 Å². The number of aromatic nitrogens is 3. The topological polar surface area (TPSA) is 107 Å². The SMILES string of the molecule is COc1cc([N+](=O)[O-])ccc1NC(=S)Nc1ncn(Cc2ccc(F)cc2)n1. The van der Waals surface area contributed by atoms with Crippen LogP contribution in [-0.2, 0) is 6.54 Å². The summed E-state index contributed by atoms with van der Waals surface area (Å²) in [6.07, 6.45) is 1.51. The molecule has 0 aliphatic rings. The first kappa shape index (κ1) is 19.2. The van der Waals surface area contributed by atoms with E-state index in [9.17, 15) is 14.5 Å². The quantitative estimate of drug-likeness (QED) is 0.368. The molecule has 9 nitrogen and oxygen atoms in total. The van der Waals surface area contributed by atoms with Gasteiger partial charge in [-0.2, -0.15) is 0 Å². The van der Waals surface area contributed by atoms with Crippen molar-refractivity contribution in [1.82, 2.24) is 14.8 Å². The lowest BCUT2D eigenvalue weighted by Crippen LogP contribution is -2.20. The predicted octanol–water partition coefficient (Wildman–Crippen LogP) is 3.19. The number of nitrogens with zero attached hydrogens (tertiary/aromatic N) is 4. The molecule has 3 aromatic rings. The second kappa shape index (κ2) is 8.39. The Hall–Kier alpha value is -3.60. The van der Waals surface area contributed by atoms with E-state index in [0.29, 0.717) is 12.2 Å². The highest BCUT2D eigenvalue weighted by Gasteiger charge is 2.13. The Labute approximate surface area is 164 Å². The molecule has 0 amide bonds. The fraction of sp³-hybridized carbons (Fsp3) is 0.118. The van der Waals surface area contributed by atoms with Gasteiger partial charge in [0.2, 0.25) is 5.95 Å². The molecule has 0 aliphatic carbocycles. The number of nitro benzene ring substituents is 1. The first-order chi connectivity index (χ1) is 13.4. The molecule has 11 heteroatoms. The van der Waals surface area contributed by atoms with Crippen LogP contribution in [-0.4, -0.2) is 31.9 Å². The number of thiocarbonyl (C=S) groups is 1. The summed E-state index contributed by atoms with van der Waals surface area (Å²) in [6.45, 7) is 0.422. The summed E-state index contributed by atoms with van der Waals surface area (Å²) >= 11 is 5.22. The Balaban J connectivity index is 1.63. The normalized spacial score (nSPS) is 10.4. The summed E-state index contributed by atoms with van der Waals surface area (Å²) in [6, 6.07) is 10.2. The van der Waals surface area contributed by atoms with E-state index in [1.807, 2.05) is 0 Å². The van der Waals surface area contributed by atoms with E-state index in [4.69, 9.17) is 17.0 Å². The van der Waals surface area contributed by atoms with Crippen LogP contribution in [0.5, 0.6) is 5.75 Å². The molecule has 0 aliphatic heterocycles. The molecule has 2 aromatic carbocycles. The minimum atomic E-state index is -0.513. The summed E-state index contributed by atoms with van der Waals surface area (Å²) in [5.74, 6) is 0.233. The Morgan fingerprint density at radius 2 is 2.04 bits per heavy atom. The second-order valence-electron chi connectivity index (χ2n) is 5.61. The summed E-state index contributed by atoms with van der Waals surface area (Å²) in [7, 11) is 1.40. The van der Waals surface area contributed by atoms with Gasteiger partial charge < -0.3 is 10.1 Å². The van der Waals surface area contributed by atoms with Crippen molar-refractivity contribution in [3.63, 3.8) is 0 Å². The van der Waals surface area contributed by atoms with E-state index in [0.717, 1.165) is 5.56 Å². The van der Waals surface area contributed by atoms with Gasteiger partial charge in [-0.25, -0.2) is 14.1 Å². The molecule has 0 bridgehead atoms. The molecule has 28 heavy (non-hydrogen) atoms. The van der Waals surface area contributed by atoms with Crippen LogP contribution in [0.1, 0.15) is 5.56 Å². The molecular formula is C17H15FN6O3S. The van der Waals surface area contributed by atoms with E-state index < -0.39 is 4.92 Å². The molecule has 144 valence electrons. The zero-order valence-corrected chi connectivity index (χ0v) is 15.4. The number of hydrogen-bond acceptors (Lipinski definition) is 6. The largest absolute Gasteiger partial charge is 0.494 e. The number of methoxy groups -OCH3 is 1. The third-order valence-corrected chi connectivity index (χ3v) is 3.87. The lowest BCUT2D eigenvalue weighted by Gasteiger charge is -2.11. The standard InChI is InChI=1S/C17H15FN6O3S/c1-27-15-8-13(24(25)26)6-7-14(15)20-17(28)21-16-19-10-23(22-16)9-11-2-4-12(18)5-3-11/h2-8,10H,9H2,1H3,(H2,20,21,22,28). The zero-order valence-electron chi connectivity index (χ0n) is 14.6. The van der Waals surface area contributed by atoms with Crippen LogP contribution in [0.2, 0.25) is 0 Å². The van der Waals surface area contributed by atoms with Crippen LogP contribution in [0.15, 0.2) is 48.8 Å². The molecule has 1 heterocycles. The zero-order chi connectivity index (χ0) is 20.1. The van der Waals surface area contributed by atoms with E-state index in [1.165, 1.54) is 43.8 Å². The number of hydrogen-bond donors (Lipinski definition) is 2. The molecule has 3 rings (SSSR count). The van der Waals surface area contributed by atoms with Gasteiger partial charge in [-0.15, -0.1) is 5.10 Å². The highest BCUT2D eigenvalue weighted by molar-refractivity contribution is 7.80. The van der Waals surface area contributed by atoms with Gasteiger partial charge in [0.05, 0.1) is 30.3 Å². The van der Waals surface area contributed by atoms with Crippen LogP contribution < -0.4 is 15.4 Å². The Kier molecular flexibility index (Phi) is 5.75. The van der Waals surface area contributed by atoms with Gasteiger partial charge in [0.1, 0.15) is 17.9 Å². The average molecular weight is 402 g/mol. The van der Waals surface area contributed by atoms with E-state index in [1.54, 1.807) is 16.8 Å². The van der Waals surface area contributed by atoms with Gasteiger partial charge in [-0.05, 0) is 36.0 Å². The minimum absolute atomic E-state index is 0.0949. The minimum Gasteiger partial charge on any atom is -0.494 e. The average Bonchev–Trinajstić information content (AvgIpc) is 3.10. The first-order valence-electron chi connectivity index (χ1n) is 7.99. The third-order valence-electron chi connectivity index (χ3n) is 3.66. The molecule has 1 aromatic heterocycles. The van der Waals surface area contributed by atoms with Crippen LogP contribution in [0.4, 0.5) is 21.7 Å². The number of non-ortho nitro benzene ring substituents is 1. The second-order valence-corrected chi connectivity index (χ2v) is 6.02. The summed E-state index contributed by atoms with van der Waals surface area (Å²) in [5.41, 5.74) is 1.23. The van der Waals surface area contributed by atoms with Crippen molar-refractivity contribution in [3.8, 4) is 5.75 Å². The number of rotatable bonds is 6. The van der Waals surface area contributed by atoms with E-state index in [-0.39, 0.29) is 28.3 Å². The van der Waals surface area contributed by atoms with Crippen molar-refractivity contribution in [2.24, 2.45) is 0 Å². The highest BCUT2D eigenvalue weighted by Crippen LogP contribution is 2.29. The molecule has 0 atom stereocenters. The first-order valence-corrected chi connectivity index (χ1v) is 8.40. The molecule has 0 saturated carbocycles. The fourth-order valence-corrected chi connectivity index (χ4v) is 2.56. The van der Waals surface area contributed by atoms with Gasteiger partial charge in [0.25, 0.3) is 5.69 Å². The van der Waals surface area contributed by atoms with E-state index in [2.05, 4.69) is 20.7 Å². The predicted molar refractivity (Wildman–Crippen MR) is 105 cm³/mol. The molecule has 2 N–H and O–H groups in total. The monoisotopic (exact) mass is 402 g/mol. The number of nitro groups is 1. The summed E-state index contributed by atoms with van der Waals surface area (Å²) in [5, 5.41) is 21.0. The maximum absolute atomic E-state index is 13.0. The van der Waals surface area contributed by atoms with Gasteiger partial charge in [-0.1, -0.05) is 12.1 Å². The Bertz CT molecular complexity index is 1010. The molecule has 0 fully saturated rings. The Morgan fingerprint density at radius 3 is 2.71 bits per heavy atom. The van der Waals surface area contributed by atoms with Gasteiger partial charge in [-0.3, -0.25) is 15.4 Å². The van der Waals surface area contributed by atoms with Crippen molar-refractivity contribution in [1.29, 1.82) is 0 Å². The highest BCUT2D eigenvalue weighted by atomic mass is 32.1. The summed E-state index contributed by atoms with van der Waals surface area (Å²) in [4.78, 5) is 14.4. The fourth-order valence-electron chi connectivity index (χ4n) is 2.36. The molecule has 0 unspecified atom stereocenters. The molecular weight excluding hydrogens is 387 g/mol. The van der Waals surface area contributed by atoms with Crippen LogP contribution in [0, 0.1) is 15.9 Å². The maximum Gasteiger partial charge on any atom is 0.273 e. The van der Waals surface area contributed by atoms with E-state index >= 15 is 0 Å². The number of anilines is 2. The van der Waals surface area contributed by atoms with Crippen LogP contribution in [0.3, 0.4) is 0 Å². The van der Waals surface area contributed by atoms with Crippen molar-refractivity contribution in [3.05, 3.63) is 70.3 Å². The summed E-state index contributed by atoms with van der Waals surface area (Å²) < 4.78 is 19.7. The van der Waals surface area contributed by atoms with Gasteiger partial charge in [0.15, 0.2) is 5.11 Å². The van der Waals surface area contributed by atoms with Gasteiger partial charge >= 0.3 is 0 Å². The third kappa shape index (κ3) is 4.76. The molecule has 0 radical (unpaired) electrons. The van der Waals surface area contributed by atoms with Gasteiger partial charge in [0, 0.05) is 6.07 Å². The Morgan fingerprint density at radius 1 is 1.29 bits per heavy atom.